The maximum absolute atomic E-state index is 12.1. The van der Waals surface area contributed by atoms with E-state index in [4.69, 9.17) is 0 Å². The van der Waals surface area contributed by atoms with Crippen LogP contribution in [0.15, 0.2) is 28.7 Å². The lowest BCUT2D eigenvalue weighted by atomic mass is 10.0. The minimum atomic E-state index is -3.01. The molecular formula is C15H21BrN2O3S. The molecule has 1 aliphatic rings. The molecule has 1 unspecified atom stereocenters. The van der Waals surface area contributed by atoms with E-state index in [0.717, 1.165) is 10.0 Å². The Labute approximate surface area is 140 Å². The molecule has 22 heavy (non-hydrogen) atoms. The van der Waals surface area contributed by atoms with E-state index in [2.05, 4.69) is 21.2 Å². The highest BCUT2D eigenvalue weighted by Gasteiger charge is 2.39. The van der Waals surface area contributed by atoms with Crippen LogP contribution in [0.2, 0.25) is 0 Å². The Morgan fingerprint density at radius 2 is 2.00 bits per heavy atom. The van der Waals surface area contributed by atoms with Crippen molar-refractivity contribution in [2.45, 2.75) is 25.4 Å². The van der Waals surface area contributed by atoms with Crippen molar-refractivity contribution < 1.29 is 13.2 Å². The van der Waals surface area contributed by atoms with Gasteiger partial charge in [-0.1, -0.05) is 28.1 Å². The molecule has 1 aromatic carbocycles. The third-order valence-corrected chi connectivity index (χ3v) is 6.16. The third-order valence-electron chi connectivity index (χ3n) is 3.72. The number of carbonyl (C=O) groups is 1. The number of nitrogens with zero attached hydrogens (tertiary/aromatic N) is 1. The van der Waals surface area contributed by atoms with Gasteiger partial charge in [0.2, 0.25) is 5.91 Å². The van der Waals surface area contributed by atoms with Gasteiger partial charge in [0.1, 0.15) is 0 Å². The Hall–Kier alpha value is -0.920. The topological polar surface area (TPSA) is 66.5 Å². The fraction of sp³-hybridized carbons (Fsp3) is 0.533. The lowest BCUT2D eigenvalue weighted by molar-refractivity contribution is -0.123. The summed E-state index contributed by atoms with van der Waals surface area (Å²) in [7, 11) is -1.14. The monoisotopic (exact) mass is 388 g/mol. The summed E-state index contributed by atoms with van der Waals surface area (Å²) in [6.07, 6.45) is 0.484. The number of sulfone groups is 1. The Bertz CT molecular complexity index is 645. The van der Waals surface area contributed by atoms with Gasteiger partial charge >= 0.3 is 0 Å². The Kier molecular flexibility index (Phi) is 5.29. The van der Waals surface area contributed by atoms with E-state index in [9.17, 15) is 13.2 Å². The first kappa shape index (κ1) is 17.4. The molecule has 0 saturated carbocycles. The molecule has 1 saturated heterocycles. The summed E-state index contributed by atoms with van der Waals surface area (Å²) < 4.78 is 24.1. The molecule has 5 nitrogen and oxygen atoms in total. The summed E-state index contributed by atoms with van der Waals surface area (Å²) in [6.45, 7) is 2.70. The fourth-order valence-electron chi connectivity index (χ4n) is 2.69. The number of benzene rings is 1. The molecule has 1 atom stereocenters. The zero-order chi connectivity index (χ0) is 16.4. The van der Waals surface area contributed by atoms with Crippen molar-refractivity contribution in [1.29, 1.82) is 0 Å². The quantitative estimate of drug-likeness (QED) is 0.831. The second-order valence-corrected chi connectivity index (χ2v) is 9.35. The Morgan fingerprint density at radius 3 is 2.55 bits per heavy atom. The Balaban J connectivity index is 1.85. The highest BCUT2D eigenvalue weighted by Crippen LogP contribution is 2.22. The molecule has 0 spiro atoms. The summed E-state index contributed by atoms with van der Waals surface area (Å²) in [6, 6.07) is 7.94. The smallest absolute Gasteiger partial charge is 0.234 e. The molecule has 0 aromatic heterocycles. The number of hydrogen-bond acceptors (Lipinski definition) is 4. The van der Waals surface area contributed by atoms with E-state index < -0.39 is 15.4 Å². The van der Waals surface area contributed by atoms with Crippen LogP contribution in [-0.4, -0.2) is 49.9 Å². The molecule has 1 N–H and O–H groups in total. The summed E-state index contributed by atoms with van der Waals surface area (Å²) in [5, 5.41) is 2.87. The van der Waals surface area contributed by atoms with Crippen LogP contribution in [0.1, 0.15) is 18.9 Å². The van der Waals surface area contributed by atoms with Gasteiger partial charge in [-0.2, -0.15) is 0 Å². The van der Waals surface area contributed by atoms with Gasteiger partial charge in [-0.25, -0.2) is 8.42 Å². The minimum absolute atomic E-state index is 0.0299. The highest BCUT2D eigenvalue weighted by molar-refractivity contribution is 9.10. The predicted molar refractivity (Wildman–Crippen MR) is 90.3 cm³/mol. The molecule has 0 radical (unpaired) electrons. The third kappa shape index (κ3) is 5.07. The molecule has 1 fully saturated rings. The van der Waals surface area contributed by atoms with Gasteiger partial charge < -0.3 is 5.32 Å². The van der Waals surface area contributed by atoms with Crippen LogP contribution < -0.4 is 5.32 Å². The second kappa shape index (κ2) is 6.68. The maximum Gasteiger partial charge on any atom is 0.234 e. The van der Waals surface area contributed by atoms with Crippen LogP contribution in [0.5, 0.6) is 0 Å². The van der Waals surface area contributed by atoms with Crippen molar-refractivity contribution in [2.75, 3.05) is 25.1 Å². The zero-order valence-electron chi connectivity index (χ0n) is 12.8. The van der Waals surface area contributed by atoms with Crippen molar-refractivity contribution in [3.8, 4) is 0 Å². The van der Waals surface area contributed by atoms with Crippen molar-refractivity contribution >= 4 is 31.7 Å². The van der Waals surface area contributed by atoms with E-state index >= 15 is 0 Å². The molecule has 7 heteroatoms. The van der Waals surface area contributed by atoms with E-state index in [1.807, 2.05) is 36.2 Å². The molecule has 122 valence electrons. The van der Waals surface area contributed by atoms with E-state index in [0.29, 0.717) is 13.0 Å². The summed E-state index contributed by atoms with van der Waals surface area (Å²) in [5.74, 6) is 0.0416. The molecule has 1 amide bonds. The largest absolute Gasteiger partial charge is 0.349 e. The predicted octanol–water partition coefficient (Wildman–Crippen LogP) is 1.57. The molecule has 2 rings (SSSR count). The van der Waals surface area contributed by atoms with Crippen LogP contribution in [-0.2, 0) is 21.2 Å². The van der Waals surface area contributed by atoms with Crippen molar-refractivity contribution in [2.24, 2.45) is 0 Å². The molecule has 0 bridgehead atoms. The molecule has 1 aliphatic heterocycles. The lowest BCUT2D eigenvalue weighted by Crippen LogP contribution is -2.49. The van der Waals surface area contributed by atoms with Crippen LogP contribution in [0.4, 0.5) is 0 Å². The first-order valence-electron chi connectivity index (χ1n) is 7.12. The number of rotatable bonds is 5. The summed E-state index contributed by atoms with van der Waals surface area (Å²) in [4.78, 5) is 14.0. The van der Waals surface area contributed by atoms with Crippen LogP contribution in [0, 0.1) is 0 Å². The average Bonchev–Trinajstić information content (AvgIpc) is 2.65. The van der Waals surface area contributed by atoms with Gasteiger partial charge in [0.25, 0.3) is 0 Å². The van der Waals surface area contributed by atoms with Crippen LogP contribution in [0.3, 0.4) is 0 Å². The fourth-order valence-corrected chi connectivity index (χ4v) is 5.05. The van der Waals surface area contributed by atoms with Crippen LogP contribution >= 0.6 is 15.9 Å². The van der Waals surface area contributed by atoms with Gasteiger partial charge in [0.05, 0.1) is 23.6 Å². The second-order valence-electron chi connectivity index (χ2n) is 6.25. The molecule has 0 aliphatic carbocycles. The molecular weight excluding hydrogens is 368 g/mol. The SMILES string of the molecule is CN(CC(=O)NC1(C)CCS(=O)(=O)C1)Cc1ccc(Br)cc1. The van der Waals surface area contributed by atoms with Gasteiger partial charge in [0.15, 0.2) is 9.84 Å². The maximum atomic E-state index is 12.1. The van der Waals surface area contributed by atoms with Gasteiger partial charge in [-0.3, -0.25) is 9.69 Å². The van der Waals surface area contributed by atoms with Gasteiger partial charge in [-0.15, -0.1) is 0 Å². The van der Waals surface area contributed by atoms with E-state index in [1.165, 1.54) is 0 Å². The standard InChI is InChI=1S/C15H21BrN2O3S/c1-15(7-8-22(20,21)11-15)17-14(19)10-18(2)9-12-3-5-13(16)6-4-12/h3-6H,7-11H2,1-2H3,(H,17,19). The average molecular weight is 389 g/mol. The number of amides is 1. The van der Waals surface area contributed by atoms with E-state index in [-0.39, 0.29) is 24.0 Å². The first-order chi connectivity index (χ1) is 10.2. The van der Waals surface area contributed by atoms with Crippen LogP contribution in [0.25, 0.3) is 0 Å². The number of nitrogens with one attached hydrogen (secondary N) is 1. The lowest BCUT2D eigenvalue weighted by Gasteiger charge is -2.25. The highest BCUT2D eigenvalue weighted by atomic mass is 79.9. The molecule has 1 aromatic rings. The number of hydrogen-bond donors (Lipinski definition) is 1. The van der Waals surface area contributed by atoms with Crippen molar-refractivity contribution in [3.63, 3.8) is 0 Å². The molecule has 1 heterocycles. The summed E-state index contributed by atoms with van der Waals surface area (Å²) >= 11 is 3.39. The Morgan fingerprint density at radius 1 is 1.36 bits per heavy atom. The van der Waals surface area contributed by atoms with Gasteiger partial charge in [-0.05, 0) is 38.1 Å². The van der Waals surface area contributed by atoms with Crippen molar-refractivity contribution in [3.05, 3.63) is 34.3 Å². The minimum Gasteiger partial charge on any atom is -0.349 e. The van der Waals surface area contributed by atoms with Gasteiger partial charge in [0, 0.05) is 11.0 Å². The van der Waals surface area contributed by atoms with Crippen molar-refractivity contribution in [1.82, 2.24) is 10.2 Å². The van der Waals surface area contributed by atoms with E-state index in [1.54, 1.807) is 6.92 Å². The number of carbonyl (C=O) groups excluding carboxylic acids is 1. The summed E-state index contributed by atoms with van der Waals surface area (Å²) in [5.41, 5.74) is 0.488. The number of likely N-dealkylation sites (N-methyl/N-ethyl adjacent to an activating group) is 1. The normalized spacial score (nSPS) is 23.6. The zero-order valence-corrected chi connectivity index (χ0v) is 15.2. The first-order valence-corrected chi connectivity index (χ1v) is 9.73. The number of halogens is 1.